The van der Waals surface area contributed by atoms with Crippen LogP contribution < -0.4 is 10.8 Å². The third kappa shape index (κ3) is 4.73. The standard InChI is InChI=1S/C7H18N2O/c1-7(2,5-8-3)6-10-9-4/h8-9H,5-6H2,1-4H3. The lowest BCUT2D eigenvalue weighted by Crippen LogP contribution is -2.32. The maximum Gasteiger partial charge on any atom is 0.0745 e. The van der Waals surface area contributed by atoms with Crippen LogP contribution in [0.4, 0.5) is 0 Å². The van der Waals surface area contributed by atoms with Crippen molar-refractivity contribution in [2.24, 2.45) is 5.41 Å². The minimum absolute atomic E-state index is 0.206. The number of hydrogen-bond acceptors (Lipinski definition) is 3. The molecule has 0 saturated carbocycles. The number of hydrogen-bond donors (Lipinski definition) is 2. The largest absolute Gasteiger partial charge is 0.319 e. The van der Waals surface area contributed by atoms with E-state index in [1.807, 2.05) is 7.05 Å². The molecule has 0 aromatic rings. The zero-order valence-corrected chi connectivity index (χ0v) is 7.32. The third-order valence-electron chi connectivity index (χ3n) is 1.26. The number of nitrogens with one attached hydrogen (secondary N) is 2. The zero-order chi connectivity index (χ0) is 8.04. The monoisotopic (exact) mass is 146 g/mol. The van der Waals surface area contributed by atoms with Gasteiger partial charge in [0.15, 0.2) is 0 Å². The van der Waals surface area contributed by atoms with Gasteiger partial charge >= 0.3 is 0 Å². The molecule has 0 aromatic heterocycles. The molecule has 3 nitrogen and oxygen atoms in total. The van der Waals surface area contributed by atoms with Crippen molar-refractivity contribution in [3.05, 3.63) is 0 Å². The maximum atomic E-state index is 5.06. The second-order valence-corrected chi connectivity index (χ2v) is 3.19. The van der Waals surface area contributed by atoms with Gasteiger partial charge in [-0.2, -0.15) is 0 Å². The summed E-state index contributed by atoms with van der Waals surface area (Å²) in [5.41, 5.74) is 2.86. The summed E-state index contributed by atoms with van der Waals surface area (Å²) in [6.45, 7) is 6.00. The molecule has 0 aliphatic rings. The van der Waals surface area contributed by atoms with E-state index in [2.05, 4.69) is 24.6 Å². The van der Waals surface area contributed by atoms with Gasteiger partial charge in [0.25, 0.3) is 0 Å². The van der Waals surface area contributed by atoms with E-state index in [-0.39, 0.29) is 5.41 Å². The quantitative estimate of drug-likeness (QED) is 0.550. The molecule has 0 bridgehead atoms. The lowest BCUT2D eigenvalue weighted by Gasteiger charge is -2.22. The molecule has 0 amide bonds. The highest BCUT2D eigenvalue weighted by atomic mass is 16.6. The van der Waals surface area contributed by atoms with E-state index >= 15 is 0 Å². The molecule has 0 rings (SSSR count). The summed E-state index contributed by atoms with van der Waals surface area (Å²) in [6, 6.07) is 0. The van der Waals surface area contributed by atoms with Crippen LogP contribution in [0, 0.1) is 5.41 Å². The number of hydroxylamine groups is 1. The van der Waals surface area contributed by atoms with Crippen molar-refractivity contribution < 1.29 is 4.84 Å². The Hall–Kier alpha value is -0.120. The Kier molecular flexibility index (Phi) is 4.60. The fraction of sp³-hybridized carbons (Fsp3) is 1.00. The van der Waals surface area contributed by atoms with Gasteiger partial charge in [-0.3, -0.25) is 0 Å². The fourth-order valence-electron chi connectivity index (χ4n) is 0.797. The lowest BCUT2D eigenvalue weighted by atomic mass is 9.95. The Morgan fingerprint density at radius 2 is 1.90 bits per heavy atom. The first kappa shape index (κ1) is 9.88. The van der Waals surface area contributed by atoms with Gasteiger partial charge in [-0.05, 0) is 7.05 Å². The molecule has 0 spiro atoms. The van der Waals surface area contributed by atoms with E-state index in [1.54, 1.807) is 7.05 Å². The molecule has 3 heteroatoms. The first-order valence-electron chi connectivity index (χ1n) is 3.55. The van der Waals surface area contributed by atoms with Gasteiger partial charge < -0.3 is 10.2 Å². The Bertz CT molecular complexity index is 83.7. The van der Waals surface area contributed by atoms with E-state index in [0.717, 1.165) is 13.2 Å². The third-order valence-corrected chi connectivity index (χ3v) is 1.26. The van der Waals surface area contributed by atoms with E-state index in [4.69, 9.17) is 4.84 Å². The molecule has 0 aliphatic heterocycles. The molecule has 0 fully saturated rings. The van der Waals surface area contributed by atoms with Crippen molar-refractivity contribution >= 4 is 0 Å². The first-order chi connectivity index (χ1) is 4.62. The SMILES string of the molecule is CNCC(C)(C)CONC. The van der Waals surface area contributed by atoms with Crippen molar-refractivity contribution in [2.45, 2.75) is 13.8 Å². The molecular weight excluding hydrogens is 128 g/mol. The van der Waals surface area contributed by atoms with Crippen LogP contribution in [-0.4, -0.2) is 27.2 Å². The van der Waals surface area contributed by atoms with Gasteiger partial charge in [-0.15, -0.1) is 0 Å². The molecular formula is C7H18N2O. The van der Waals surface area contributed by atoms with Gasteiger partial charge in [-0.1, -0.05) is 13.8 Å². The molecule has 62 valence electrons. The van der Waals surface area contributed by atoms with Crippen molar-refractivity contribution in [1.82, 2.24) is 10.8 Å². The van der Waals surface area contributed by atoms with E-state index in [0.29, 0.717) is 0 Å². The van der Waals surface area contributed by atoms with E-state index in [9.17, 15) is 0 Å². The number of rotatable bonds is 5. The summed E-state index contributed by atoms with van der Waals surface area (Å²) in [6.07, 6.45) is 0. The van der Waals surface area contributed by atoms with E-state index in [1.165, 1.54) is 0 Å². The highest BCUT2D eigenvalue weighted by Crippen LogP contribution is 2.12. The minimum atomic E-state index is 0.206. The molecule has 0 aromatic carbocycles. The smallest absolute Gasteiger partial charge is 0.0745 e. The van der Waals surface area contributed by atoms with E-state index < -0.39 is 0 Å². The van der Waals surface area contributed by atoms with Crippen LogP contribution in [0.5, 0.6) is 0 Å². The summed E-state index contributed by atoms with van der Waals surface area (Å²) >= 11 is 0. The van der Waals surface area contributed by atoms with Crippen molar-refractivity contribution in [2.75, 3.05) is 27.2 Å². The molecule has 0 atom stereocenters. The predicted molar refractivity (Wildman–Crippen MR) is 42.7 cm³/mol. The second kappa shape index (κ2) is 4.66. The summed E-state index contributed by atoms with van der Waals surface area (Å²) in [7, 11) is 3.72. The highest BCUT2D eigenvalue weighted by Gasteiger charge is 2.16. The summed E-state index contributed by atoms with van der Waals surface area (Å²) in [4.78, 5) is 5.06. The van der Waals surface area contributed by atoms with Crippen LogP contribution in [0.25, 0.3) is 0 Å². The fourth-order valence-corrected chi connectivity index (χ4v) is 0.797. The van der Waals surface area contributed by atoms with Crippen molar-refractivity contribution in [1.29, 1.82) is 0 Å². The first-order valence-corrected chi connectivity index (χ1v) is 3.55. The van der Waals surface area contributed by atoms with Gasteiger partial charge in [0.05, 0.1) is 6.61 Å². The minimum Gasteiger partial charge on any atom is -0.319 e. The van der Waals surface area contributed by atoms with Crippen LogP contribution >= 0.6 is 0 Å². The Labute approximate surface area is 63.1 Å². The van der Waals surface area contributed by atoms with Gasteiger partial charge in [0.1, 0.15) is 0 Å². The molecule has 10 heavy (non-hydrogen) atoms. The summed E-state index contributed by atoms with van der Waals surface area (Å²) in [5, 5.41) is 3.11. The van der Waals surface area contributed by atoms with Gasteiger partial charge in [0, 0.05) is 19.0 Å². The summed E-state index contributed by atoms with van der Waals surface area (Å²) < 4.78 is 0. The molecule has 0 aliphatic carbocycles. The van der Waals surface area contributed by atoms with Gasteiger partial charge in [0.2, 0.25) is 0 Å². The molecule has 2 N–H and O–H groups in total. The van der Waals surface area contributed by atoms with Crippen molar-refractivity contribution in [3.8, 4) is 0 Å². The molecule has 0 heterocycles. The normalized spacial score (nSPS) is 12.0. The molecule has 0 radical (unpaired) electrons. The van der Waals surface area contributed by atoms with Gasteiger partial charge in [-0.25, -0.2) is 5.48 Å². The average molecular weight is 146 g/mol. The Morgan fingerprint density at radius 3 is 2.30 bits per heavy atom. The van der Waals surface area contributed by atoms with Crippen molar-refractivity contribution in [3.63, 3.8) is 0 Å². The predicted octanol–water partition coefficient (Wildman–Crippen LogP) is 0.383. The zero-order valence-electron chi connectivity index (χ0n) is 7.32. The Balaban J connectivity index is 3.42. The average Bonchev–Trinajstić information content (AvgIpc) is 1.84. The maximum absolute atomic E-state index is 5.06. The molecule has 0 saturated heterocycles. The molecule has 0 unspecified atom stereocenters. The van der Waals surface area contributed by atoms with Crippen LogP contribution in [-0.2, 0) is 4.84 Å². The summed E-state index contributed by atoms with van der Waals surface area (Å²) in [5.74, 6) is 0. The van der Waals surface area contributed by atoms with Crippen LogP contribution in [0.1, 0.15) is 13.8 Å². The Morgan fingerprint density at radius 1 is 1.30 bits per heavy atom. The second-order valence-electron chi connectivity index (χ2n) is 3.19. The van der Waals surface area contributed by atoms with Crippen LogP contribution in [0.15, 0.2) is 0 Å². The lowest BCUT2D eigenvalue weighted by molar-refractivity contribution is 0.00465. The van der Waals surface area contributed by atoms with Crippen LogP contribution in [0.2, 0.25) is 0 Å². The van der Waals surface area contributed by atoms with Crippen LogP contribution in [0.3, 0.4) is 0 Å². The highest BCUT2D eigenvalue weighted by molar-refractivity contribution is 4.68. The topological polar surface area (TPSA) is 33.3 Å².